The molecule has 0 aromatic carbocycles. The lowest BCUT2D eigenvalue weighted by molar-refractivity contribution is 0.311. The third-order valence-corrected chi connectivity index (χ3v) is 3.11. The average Bonchev–Trinajstić information content (AvgIpc) is 2.80. The van der Waals surface area contributed by atoms with E-state index >= 15 is 0 Å². The lowest BCUT2D eigenvalue weighted by Crippen LogP contribution is -2.45. The molecule has 1 aliphatic heterocycles. The van der Waals surface area contributed by atoms with E-state index in [0.29, 0.717) is 11.3 Å². The SMILES string of the molecule is c1cc(C2CC23CNC3)ncn1. The van der Waals surface area contributed by atoms with Crippen molar-refractivity contribution in [2.24, 2.45) is 5.41 Å². The molecular formula is C9H11N3. The Morgan fingerprint density at radius 1 is 1.50 bits per heavy atom. The lowest BCUT2D eigenvalue weighted by atomic mass is 9.95. The van der Waals surface area contributed by atoms with Gasteiger partial charge in [0.15, 0.2) is 0 Å². The van der Waals surface area contributed by atoms with E-state index in [-0.39, 0.29) is 0 Å². The summed E-state index contributed by atoms with van der Waals surface area (Å²) < 4.78 is 0. The number of nitrogens with one attached hydrogen (secondary N) is 1. The molecule has 0 radical (unpaired) electrons. The average molecular weight is 161 g/mol. The minimum atomic E-state index is 0.592. The highest BCUT2D eigenvalue weighted by Gasteiger charge is 2.59. The molecule has 1 aliphatic carbocycles. The first-order valence-electron chi connectivity index (χ1n) is 4.37. The fourth-order valence-electron chi connectivity index (χ4n) is 2.11. The normalized spacial score (nSPS) is 29.8. The Morgan fingerprint density at radius 3 is 2.92 bits per heavy atom. The molecule has 12 heavy (non-hydrogen) atoms. The van der Waals surface area contributed by atoms with Crippen LogP contribution in [0.5, 0.6) is 0 Å². The third kappa shape index (κ3) is 0.743. The maximum Gasteiger partial charge on any atom is 0.115 e. The van der Waals surface area contributed by atoms with Crippen molar-refractivity contribution >= 4 is 0 Å². The topological polar surface area (TPSA) is 37.8 Å². The van der Waals surface area contributed by atoms with Crippen LogP contribution in [0.15, 0.2) is 18.6 Å². The Labute approximate surface area is 71.2 Å². The van der Waals surface area contributed by atoms with Gasteiger partial charge in [-0.05, 0) is 12.5 Å². The highest BCUT2D eigenvalue weighted by Crippen LogP contribution is 2.60. The number of hydrogen-bond donors (Lipinski definition) is 1. The van der Waals surface area contributed by atoms with Gasteiger partial charge in [0.1, 0.15) is 6.33 Å². The largest absolute Gasteiger partial charge is 0.315 e. The summed E-state index contributed by atoms with van der Waals surface area (Å²) in [6.07, 6.45) is 4.80. The van der Waals surface area contributed by atoms with Crippen LogP contribution in [0.3, 0.4) is 0 Å². The van der Waals surface area contributed by atoms with Gasteiger partial charge in [-0.3, -0.25) is 0 Å². The van der Waals surface area contributed by atoms with Crippen molar-refractivity contribution in [1.82, 2.24) is 15.3 Å². The molecule has 62 valence electrons. The Balaban J connectivity index is 1.85. The van der Waals surface area contributed by atoms with Crippen LogP contribution in [-0.2, 0) is 0 Å². The van der Waals surface area contributed by atoms with Gasteiger partial charge in [-0.25, -0.2) is 9.97 Å². The Morgan fingerprint density at radius 2 is 2.42 bits per heavy atom. The molecule has 3 heteroatoms. The molecule has 2 aliphatic rings. The summed E-state index contributed by atoms with van der Waals surface area (Å²) in [6, 6.07) is 2.04. The zero-order chi connectivity index (χ0) is 8.02. The van der Waals surface area contributed by atoms with Crippen LogP contribution in [0.25, 0.3) is 0 Å². The molecular weight excluding hydrogens is 150 g/mol. The molecule has 1 atom stereocenters. The molecule has 3 rings (SSSR count). The van der Waals surface area contributed by atoms with Gasteiger partial charge >= 0.3 is 0 Å². The molecule has 0 bridgehead atoms. The molecule has 2 fully saturated rings. The Hall–Kier alpha value is -0.960. The van der Waals surface area contributed by atoms with E-state index in [4.69, 9.17) is 0 Å². The van der Waals surface area contributed by atoms with Crippen molar-refractivity contribution in [3.63, 3.8) is 0 Å². The van der Waals surface area contributed by atoms with Gasteiger partial charge in [-0.1, -0.05) is 0 Å². The van der Waals surface area contributed by atoms with Gasteiger partial charge in [-0.15, -0.1) is 0 Å². The molecule has 2 heterocycles. The van der Waals surface area contributed by atoms with E-state index in [9.17, 15) is 0 Å². The lowest BCUT2D eigenvalue weighted by Gasteiger charge is -2.28. The number of hydrogen-bond acceptors (Lipinski definition) is 3. The van der Waals surface area contributed by atoms with Crippen LogP contribution < -0.4 is 5.32 Å². The highest BCUT2D eigenvalue weighted by molar-refractivity contribution is 5.26. The second-order valence-electron chi connectivity index (χ2n) is 3.86. The number of nitrogens with zero attached hydrogens (tertiary/aromatic N) is 2. The van der Waals surface area contributed by atoms with E-state index < -0.39 is 0 Å². The first kappa shape index (κ1) is 6.54. The molecule has 1 saturated heterocycles. The fraction of sp³-hybridized carbons (Fsp3) is 0.556. The van der Waals surface area contributed by atoms with E-state index in [0.717, 1.165) is 0 Å². The van der Waals surface area contributed by atoms with E-state index in [1.807, 2.05) is 12.3 Å². The predicted octanol–water partition coefficient (Wildman–Crippen LogP) is 0.553. The maximum absolute atomic E-state index is 4.28. The molecule has 0 amide bonds. The van der Waals surface area contributed by atoms with Gasteiger partial charge in [0.2, 0.25) is 0 Å². The molecule has 1 aromatic heterocycles. The zero-order valence-electron chi connectivity index (χ0n) is 6.83. The number of aromatic nitrogens is 2. The minimum Gasteiger partial charge on any atom is -0.315 e. The van der Waals surface area contributed by atoms with Crippen LogP contribution >= 0.6 is 0 Å². The molecule has 3 nitrogen and oxygen atoms in total. The summed E-state index contributed by atoms with van der Waals surface area (Å²) in [4.78, 5) is 8.20. The highest BCUT2D eigenvalue weighted by atomic mass is 15.0. The second kappa shape index (κ2) is 2.04. The van der Waals surface area contributed by atoms with Crippen LogP contribution in [0, 0.1) is 5.41 Å². The summed E-state index contributed by atoms with van der Waals surface area (Å²) in [5.74, 6) is 0.710. The molecule has 1 spiro atoms. The van der Waals surface area contributed by atoms with E-state index in [2.05, 4.69) is 15.3 Å². The molecule has 1 unspecified atom stereocenters. The Kier molecular flexibility index (Phi) is 1.11. The fourth-order valence-corrected chi connectivity index (χ4v) is 2.11. The first-order valence-corrected chi connectivity index (χ1v) is 4.37. The summed E-state index contributed by atoms with van der Waals surface area (Å²) in [5, 5.41) is 3.32. The summed E-state index contributed by atoms with van der Waals surface area (Å²) in [5.41, 5.74) is 1.82. The predicted molar refractivity (Wildman–Crippen MR) is 44.7 cm³/mol. The first-order chi connectivity index (χ1) is 5.91. The molecule has 1 saturated carbocycles. The van der Waals surface area contributed by atoms with Gasteiger partial charge in [0, 0.05) is 36.3 Å². The summed E-state index contributed by atoms with van der Waals surface area (Å²) in [7, 11) is 0. The van der Waals surface area contributed by atoms with Crippen LogP contribution in [0.1, 0.15) is 18.0 Å². The van der Waals surface area contributed by atoms with Crippen LogP contribution in [0.2, 0.25) is 0 Å². The second-order valence-corrected chi connectivity index (χ2v) is 3.86. The van der Waals surface area contributed by atoms with Crippen molar-refractivity contribution in [2.45, 2.75) is 12.3 Å². The number of rotatable bonds is 1. The van der Waals surface area contributed by atoms with Gasteiger partial charge in [0.25, 0.3) is 0 Å². The molecule has 1 aromatic rings. The van der Waals surface area contributed by atoms with Crippen molar-refractivity contribution in [3.8, 4) is 0 Å². The standard InChI is InChI=1S/C9H11N3/c1-2-10-6-12-8(1)7-3-9(7)4-11-5-9/h1-2,6-7,11H,3-5H2. The van der Waals surface area contributed by atoms with E-state index in [1.165, 1.54) is 25.2 Å². The van der Waals surface area contributed by atoms with Crippen molar-refractivity contribution in [2.75, 3.05) is 13.1 Å². The smallest absolute Gasteiger partial charge is 0.115 e. The van der Waals surface area contributed by atoms with Crippen LogP contribution in [0.4, 0.5) is 0 Å². The van der Waals surface area contributed by atoms with Crippen molar-refractivity contribution < 1.29 is 0 Å². The summed E-state index contributed by atoms with van der Waals surface area (Å²) >= 11 is 0. The summed E-state index contributed by atoms with van der Waals surface area (Å²) in [6.45, 7) is 2.36. The minimum absolute atomic E-state index is 0.592. The zero-order valence-corrected chi connectivity index (χ0v) is 6.83. The van der Waals surface area contributed by atoms with E-state index in [1.54, 1.807) is 6.33 Å². The third-order valence-electron chi connectivity index (χ3n) is 3.11. The van der Waals surface area contributed by atoms with Crippen molar-refractivity contribution in [1.29, 1.82) is 0 Å². The van der Waals surface area contributed by atoms with Gasteiger partial charge < -0.3 is 5.32 Å². The maximum atomic E-state index is 4.28. The monoisotopic (exact) mass is 161 g/mol. The van der Waals surface area contributed by atoms with Crippen LogP contribution in [-0.4, -0.2) is 23.1 Å². The quantitative estimate of drug-likeness (QED) is 0.653. The van der Waals surface area contributed by atoms with Gasteiger partial charge in [0.05, 0.1) is 0 Å². The van der Waals surface area contributed by atoms with Crippen molar-refractivity contribution in [3.05, 3.63) is 24.3 Å². The molecule has 1 N–H and O–H groups in total. The Bertz CT molecular complexity index is 292. The van der Waals surface area contributed by atoms with Gasteiger partial charge in [-0.2, -0.15) is 0 Å².